The molecule has 2 rings (SSSR count). The molecule has 0 spiro atoms. The van der Waals surface area contributed by atoms with E-state index in [9.17, 15) is 4.21 Å². The van der Waals surface area contributed by atoms with Crippen LogP contribution in [-0.2, 0) is 10.8 Å². The van der Waals surface area contributed by atoms with Crippen molar-refractivity contribution in [2.45, 2.75) is 23.8 Å². The Labute approximate surface area is 97.8 Å². The van der Waals surface area contributed by atoms with Gasteiger partial charge in [0.25, 0.3) is 0 Å². The topological polar surface area (TPSA) is 30.0 Å². The fraction of sp³-hybridized carbons (Fsp3) is 0.154. The molecule has 1 atom stereocenters. The molecule has 1 aromatic heterocycles. The van der Waals surface area contributed by atoms with E-state index >= 15 is 0 Å². The molecular weight excluding hydrogens is 218 g/mol. The quantitative estimate of drug-likeness (QED) is 0.795. The summed E-state index contributed by atoms with van der Waals surface area (Å²) in [6.07, 6.45) is 1.68. The lowest BCUT2D eigenvalue weighted by Crippen LogP contribution is -1.98. The van der Waals surface area contributed by atoms with Gasteiger partial charge >= 0.3 is 0 Å². The number of nitrogens with zero attached hydrogens (tertiary/aromatic N) is 1. The Morgan fingerprint density at radius 3 is 2.38 bits per heavy atom. The molecule has 0 amide bonds. The van der Waals surface area contributed by atoms with Crippen molar-refractivity contribution >= 4 is 10.8 Å². The van der Waals surface area contributed by atoms with Crippen LogP contribution >= 0.6 is 0 Å². The van der Waals surface area contributed by atoms with Gasteiger partial charge in [-0.2, -0.15) is 0 Å². The SMILES string of the molecule is Cc1ccc([S@@](=O)c2ncccc2C)cc1. The maximum absolute atomic E-state index is 12.2. The molecule has 0 fully saturated rings. The molecular formula is C13H13NOS. The molecule has 0 N–H and O–H groups in total. The van der Waals surface area contributed by atoms with Crippen LogP contribution in [0.4, 0.5) is 0 Å². The summed E-state index contributed by atoms with van der Waals surface area (Å²) in [5, 5.41) is 0.645. The summed E-state index contributed by atoms with van der Waals surface area (Å²) in [7, 11) is -1.18. The fourth-order valence-corrected chi connectivity index (χ4v) is 2.56. The van der Waals surface area contributed by atoms with Crippen LogP contribution in [0.5, 0.6) is 0 Å². The van der Waals surface area contributed by atoms with Crippen molar-refractivity contribution < 1.29 is 4.21 Å². The van der Waals surface area contributed by atoms with Crippen molar-refractivity contribution in [3.05, 3.63) is 53.7 Å². The smallest absolute Gasteiger partial charge is 0.135 e. The van der Waals surface area contributed by atoms with Crippen molar-refractivity contribution in [3.8, 4) is 0 Å². The first kappa shape index (κ1) is 11.0. The minimum atomic E-state index is -1.18. The molecule has 0 aliphatic heterocycles. The average molecular weight is 231 g/mol. The van der Waals surface area contributed by atoms with Crippen LogP contribution in [0.15, 0.2) is 52.5 Å². The number of hydrogen-bond donors (Lipinski definition) is 0. The maximum Gasteiger partial charge on any atom is 0.135 e. The summed E-state index contributed by atoms with van der Waals surface area (Å²) in [5.74, 6) is 0. The van der Waals surface area contributed by atoms with Gasteiger partial charge in [0.1, 0.15) is 15.8 Å². The number of aromatic nitrogens is 1. The normalized spacial score (nSPS) is 12.4. The molecule has 0 saturated heterocycles. The molecule has 3 heteroatoms. The third-order valence-corrected chi connectivity index (χ3v) is 3.85. The van der Waals surface area contributed by atoms with Crippen molar-refractivity contribution in [1.29, 1.82) is 0 Å². The first-order valence-electron chi connectivity index (χ1n) is 5.08. The van der Waals surface area contributed by atoms with Crippen LogP contribution in [0.2, 0.25) is 0 Å². The molecule has 0 aliphatic carbocycles. The van der Waals surface area contributed by atoms with Crippen molar-refractivity contribution in [2.75, 3.05) is 0 Å². The van der Waals surface area contributed by atoms with E-state index in [1.54, 1.807) is 6.20 Å². The summed E-state index contributed by atoms with van der Waals surface area (Å²) < 4.78 is 12.2. The third kappa shape index (κ3) is 2.19. The molecule has 0 bridgehead atoms. The first-order chi connectivity index (χ1) is 7.68. The lowest BCUT2D eigenvalue weighted by Gasteiger charge is -2.04. The number of rotatable bonds is 2. The van der Waals surface area contributed by atoms with Gasteiger partial charge in [0.05, 0.1) is 0 Å². The van der Waals surface area contributed by atoms with Gasteiger partial charge in [0.15, 0.2) is 0 Å². The van der Waals surface area contributed by atoms with E-state index in [4.69, 9.17) is 0 Å². The van der Waals surface area contributed by atoms with Gasteiger partial charge < -0.3 is 0 Å². The van der Waals surface area contributed by atoms with E-state index in [0.717, 1.165) is 10.5 Å². The zero-order chi connectivity index (χ0) is 11.5. The zero-order valence-electron chi connectivity index (χ0n) is 9.31. The van der Waals surface area contributed by atoms with Crippen LogP contribution in [-0.4, -0.2) is 9.19 Å². The minimum absolute atomic E-state index is 0.645. The highest BCUT2D eigenvalue weighted by atomic mass is 32.2. The molecule has 0 radical (unpaired) electrons. The molecule has 2 nitrogen and oxygen atoms in total. The monoisotopic (exact) mass is 231 g/mol. The minimum Gasteiger partial charge on any atom is -0.247 e. The summed E-state index contributed by atoms with van der Waals surface area (Å²) in [6, 6.07) is 11.5. The predicted octanol–water partition coefficient (Wildman–Crippen LogP) is 2.87. The summed E-state index contributed by atoms with van der Waals surface area (Å²) in [5.41, 5.74) is 2.12. The van der Waals surface area contributed by atoms with Gasteiger partial charge in [-0.1, -0.05) is 23.8 Å². The second-order valence-corrected chi connectivity index (χ2v) is 5.10. The van der Waals surface area contributed by atoms with E-state index in [0.29, 0.717) is 5.03 Å². The Kier molecular flexibility index (Phi) is 3.15. The van der Waals surface area contributed by atoms with E-state index in [1.165, 1.54) is 5.56 Å². The summed E-state index contributed by atoms with van der Waals surface area (Å²) >= 11 is 0. The van der Waals surface area contributed by atoms with E-state index in [1.807, 2.05) is 50.2 Å². The molecule has 16 heavy (non-hydrogen) atoms. The Morgan fingerprint density at radius 1 is 1.06 bits per heavy atom. The molecule has 0 unspecified atom stereocenters. The van der Waals surface area contributed by atoms with Crippen LogP contribution in [0.1, 0.15) is 11.1 Å². The highest BCUT2D eigenvalue weighted by Crippen LogP contribution is 2.17. The average Bonchev–Trinajstić information content (AvgIpc) is 2.30. The number of pyridine rings is 1. The Hall–Kier alpha value is -1.48. The van der Waals surface area contributed by atoms with Crippen LogP contribution < -0.4 is 0 Å². The molecule has 2 aromatic rings. The van der Waals surface area contributed by atoms with Gasteiger partial charge in [-0.25, -0.2) is 9.19 Å². The van der Waals surface area contributed by atoms with Crippen molar-refractivity contribution in [2.24, 2.45) is 0 Å². The van der Waals surface area contributed by atoms with Gasteiger partial charge in [-0.15, -0.1) is 0 Å². The van der Waals surface area contributed by atoms with Gasteiger partial charge in [-0.05, 0) is 37.6 Å². The summed E-state index contributed by atoms with van der Waals surface area (Å²) in [6.45, 7) is 3.94. The predicted molar refractivity (Wildman–Crippen MR) is 64.8 cm³/mol. The largest absolute Gasteiger partial charge is 0.247 e. The number of aryl methyl sites for hydroxylation is 2. The second kappa shape index (κ2) is 4.58. The van der Waals surface area contributed by atoms with Crippen LogP contribution in [0, 0.1) is 13.8 Å². The molecule has 0 saturated carbocycles. The van der Waals surface area contributed by atoms with E-state index < -0.39 is 10.8 Å². The first-order valence-corrected chi connectivity index (χ1v) is 6.23. The van der Waals surface area contributed by atoms with Gasteiger partial charge in [0, 0.05) is 11.1 Å². The third-order valence-electron chi connectivity index (χ3n) is 2.37. The maximum atomic E-state index is 12.2. The van der Waals surface area contributed by atoms with Crippen LogP contribution in [0.25, 0.3) is 0 Å². The standard InChI is InChI=1S/C13H13NOS/c1-10-5-7-12(8-6-10)16(15)13-11(2)4-3-9-14-13/h3-9H,1-2H3/t16-/m1/s1. The molecule has 82 valence electrons. The van der Waals surface area contributed by atoms with Gasteiger partial charge in [-0.3, -0.25) is 0 Å². The highest BCUT2D eigenvalue weighted by molar-refractivity contribution is 7.85. The number of hydrogen-bond acceptors (Lipinski definition) is 2. The highest BCUT2D eigenvalue weighted by Gasteiger charge is 2.10. The molecule has 1 aromatic carbocycles. The lowest BCUT2D eigenvalue weighted by molar-refractivity contribution is 0.679. The zero-order valence-corrected chi connectivity index (χ0v) is 10.1. The van der Waals surface area contributed by atoms with Crippen molar-refractivity contribution in [3.63, 3.8) is 0 Å². The molecule has 0 aliphatic rings. The van der Waals surface area contributed by atoms with Crippen molar-refractivity contribution in [1.82, 2.24) is 4.98 Å². The lowest BCUT2D eigenvalue weighted by atomic mass is 10.2. The number of benzene rings is 1. The van der Waals surface area contributed by atoms with Crippen LogP contribution in [0.3, 0.4) is 0 Å². The van der Waals surface area contributed by atoms with E-state index in [2.05, 4.69) is 4.98 Å². The Morgan fingerprint density at radius 2 is 1.75 bits per heavy atom. The van der Waals surface area contributed by atoms with E-state index in [-0.39, 0.29) is 0 Å². The fourth-order valence-electron chi connectivity index (χ4n) is 1.44. The Bertz CT molecular complexity index is 520. The van der Waals surface area contributed by atoms with Gasteiger partial charge in [0.2, 0.25) is 0 Å². The summed E-state index contributed by atoms with van der Waals surface area (Å²) in [4.78, 5) is 4.98. The second-order valence-electron chi connectivity index (χ2n) is 3.71. The molecule has 1 heterocycles. The Balaban J connectivity index is 2.40.